The first kappa shape index (κ1) is 19.2. The van der Waals surface area contributed by atoms with Gasteiger partial charge in [-0.2, -0.15) is 0 Å². The highest BCUT2D eigenvalue weighted by atomic mass is 16.5. The van der Waals surface area contributed by atoms with Crippen LogP contribution in [0.3, 0.4) is 0 Å². The Bertz CT molecular complexity index is 574. The van der Waals surface area contributed by atoms with Gasteiger partial charge in [0.2, 0.25) is 0 Å². The van der Waals surface area contributed by atoms with Crippen LogP contribution in [0.4, 0.5) is 5.69 Å². The lowest BCUT2D eigenvalue weighted by atomic mass is 9.86. The van der Waals surface area contributed by atoms with E-state index in [1.54, 1.807) is 31.4 Å². The van der Waals surface area contributed by atoms with Crippen LogP contribution in [-0.2, 0) is 9.59 Å². The molecule has 0 heterocycles. The van der Waals surface area contributed by atoms with Gasteiger partial charge in [0, 0.05) is 11.7 Å². The zero-order valence-electron chi connectivity index (χ0n) is 15.4. The maximum atomic E-state index is 12.2. The maximum absolute atomic E-state index is 12.2. The largest absolute Gasteiger partial charge is 0.497 e. The van der Waals surface area contributed by atoms with E-state index in [0.29, 0.717) is 12.5 Å². The summed E-state index contributed by atoms with van der Waals surface area (Å²) < 4.78 is 5.09. The van der Waals surface area contributed by atoms with Gasteiger partial charge in [0.05, 0.1) is 14.2 Å². The van der Waals surface area contributed by atoms with Gasteiger partial charge in [0.15, 0.2) is 13.1 Å². The van der Waals surface area contributed by atoms with Crippen molar-refractivity contribution < 1.29 is 19.2 Å². The second-order valence-electron chi connectivity index (χ2n) is 7.02. The van der Waals surface area contributed by atoms with Gasteiger partial charge in [-0.15, -0.1) is 0 Å². The normalized spacial score (nSPS) is 21.2. The van der Waals surface area contributed by atoms with Crippen molar-refractivity contribution in [3.05, 3.63) is 24.3 Å². The number of quaternary nitrogens is 1. The molecule has 6 nitrogen and oxygen atoms in total. The first-order valence-corrected chi connectivity index (χ1v) is 9.02. The van der Waals surface area contributed by atoms with Crippen LogP contribution in [0.25, 0.3) is 0 Å². The van der Waals surface area contributed by atoms with E-state index >= 15 is 0 Å². The smallest absolute Gasteiger partial charge is 0.279 e. The van der Waals surface area contributed by atoms with Gasteiger partial charge in [-0.1, -0.05) is 19.8 Å². The van der Waals surface area contributed by atoms with Crippen molar-refractivity contribution >= 4 is 17.5 Å². The summed E-state index contributed by atoms with van der Waals surface area (Å²) in [5.41, 5.74) is 0.721. The standard InChI is InChI=1S/C19H29N3O3/c1-14-6-4-5-7-17(14)21-19(24)13-22(2)12-18(23)20-15-8-10-16(25-3)11-9-15/h8-11,14,17H,4-7,12-13H2,1-3H3,(H,20,23)(H,21,24)/p+1/t14-,17-/m1/s1. The van der Waals surface area contributed by atoms with Gasteiger partial charge >= 0.3 is 0 Å². The van der Waals surface area contributed by atoms with Gasteiger partial charge in [-0.25, -0.2) is 0 Å². The number of hydrogen-bond acceptors (Lipinski definition) is 3. The van der Waals surface area contributed by atoms with Crippen LogP contribution in [0.1, 0.15) is 32.6 Å². The third kappa shape index (κ3) is 6.38. The van der Waals surface area contributed by atoms with E-state index in [9.17, 15) is 9.59 Å². The molecule has 1 saturated carbocycles. The number of rotatable bonds is 7. The van der Waals surface area contributed by atoms with E-state index in [1.165, 1.54) is 19.3 Å². The van der Waals surface area contributed by atoms with Crippen molar-refractivity contribution in [3.63, 3.8) is 0 Å². The van der Waals surface area contributed by atoms with Crippen molar-refractivity contribution in [1.82, 2.24) is 5.32 Å². The lowest BCUT2D eigenvalue weighted by molar-refractivity contribution is -0.862. The summed E-state index contributed by atoms with van der Waals surface area (Å²) in [5, 5.41) is 5.97. The number of amides is 2. The number of anilines is 1. The zero-order chi connectivity index (χ0) is 18.2. The number of hydrogen-bond donors (Lipinski definition) is 3. The number of carbonyl (C=O) groups excluding carboxylic acids is 2. The summed E-state index contributed by atoms with van der Waals surface area (Å²) in [6, 6.07) is 7.46. The molecule has 3 atom stereocenters. The average molecular weight is 348 g/mol. The SMILES string of the molecule is COc1ccc(NC(=O)C[NH+](C)CC(=O)N[C@@H]2CCCC[C@H]2C)cc1. The van der Waals surface area contributed by atoms with Crippen LogP contribution in [0.15, 0.2) is 24.3 Å². The molecule has 0 aliphatic heterocycles. The number of benzene rings is 1. The van der Waals surface area contributed by atoms with E-state index in [1.807, 2.05) is 7.05 Å². The van der Waals surface area contributed by atoms with Gasteiger partial charge < -0.3 is 20.3 Å². The molecule has 138 valence electrons. The molecule has 1 aromatic rings. The Morgan fingerprint density at radius 1 is 1.12 bits per heavy atom. The minimum Gasteiger partial charge on any atom is -0.497 e. The van der Waals surface area contributed by atoms with Gasteiger partial charge in [-0.3, -0.25) is 9.59 Å². The van der Waals surface area contributed by atoms with E-state index in [-0.39, 0.29) is 24.4 Å². The van der Waals surface area contributed by atoms with E-state index in [0.717, 1.165) is 22.8 Å². The highest BCUT2D eigenvalue weighted by Crippen LogP contribution is 2.23. The predicted octanol–water partition coefficient (Wildman–Crippen LogP) is 0.843. The molecular weight excluding hydrogens is 318 g/mol. The van der Waals surface area contributed by atoms with Crippen LogP contribution < -0.4 is 20.3 Å². The summed E-state index contributed by atoms with van der Waals surface area (Å²) >= 11 is 0. The maximum Gasteiger partial charge on any atom is 0.279 e. The molecule has 0 radical (unpaired) electrons. The number of methoxy groups -OCH3 is 1. The highest BCUT2D eigenvalue weighted by Gasteiger charge is 2.24. The molecule has 2 amide bonds. The Balaban J connectivity index is 1.73. The quantitative estimate of drug-likeness (QED) is 0.684. The molecule has 2 rings (SSSR count). The second-order valence-corrected chi connectivity index (χ2v) is 7.02. The first-order chi connectivity index (χ1) is 12.0. The van der Waals surface area contributed by atoms with Gasteiger partial charge in [-0.05, 0) is 43.0 Å². The van der Waals surface area contributed by atoms with E-state index in [2.05, 4.69) is 17.6 Å². The molecule has 0 saturated heterocycles. The van der Waals surface area contributed by atoms with Crippen LogP contribution in [-0.4, -0.2) is 45.1 Å². The summed E-state index contributed by atoms with van der Waals surface area (Å²) in [5.74, 6) is 1.20. The Morgan fingerprint density at radius 3 is 2.40 bits per heavy atom. The first-order valence-electron chi connectivity index (χ1n) is 9.02. The van der Waals surface area contributed by atoms with Gasteiger partial charge in [0.1, 0.15) is 5.75 Å². The molecule has 6 heteroatoms. The Morgan fingerprint density at radius 2 is 1.76 bits per heavy atom. The van der Waals surface area contributed by atoms with Crippen molar-refractivity contribution in [1.29, 1.82) is 0 Å². The molecule has 1 fully saturated rings. The fourth-order valence-electron chi connectivity index (χ4n) is 3.28. The summed E-state index contributed by atoms with van der Waals surface area (Å²) in [6.45, 7) is 2.75. The molecule has 0 spiro atoms. The number of ether oxygens (including phenoxy) is 1. The lowest BCUT2D eigenvalue weighted by Gasteiger charge is -2.29. The van der Waals surface area contributed by atoms with E-state index in [4.69, 9.17) is 4.74 Å². The Hall–Kier alpha value is -2.08. The monoisotopic (exact) mass is 348 g/mol. The molecule has 0 aromatic heterocycles. The van der Waals surface area contributed by atoms with Crippen LogP contribution in [0, 0.1) is 5.92 Å². The highest BCUT2D eigenvalue weighted by molar-refractivity contribution is 5.91. The fourth-order valence-corrected chi connectivity index (χ4v) is 3.28. The molecule has 1 aliphatic rings. The number of nitrogens with one attached hydrogen (secondary N) is 3. The van der Waals surface area contributed by atoms with E-state index < -0.39 is 0 Å². The summed E-state index contributed by atoms with van der Waals surface area (Å²) in [4.78, 5) is 25.2. The molecule has 3 N–H and O–H groups in total. The minimum absolute atomic E-state index is 0.0218. The molecule has 0 bridgehead atoms. The third-order valence-electron chi connectivity index (χ3n) is 4.76. The lowest BCUT2D eigenvalue weighted by Crippen LogP contribution is -3.11. The fraction of sp³-hybridized carbons (Fsp3) is 0.579. The van der Waals surface area contributed by atoms with Gasteiger partial charge in [0.25, 0.3) is 11.8 Å². The third-order valence-corrected chi connectivity index (χ3v) is 4.76. The summed E-state index contributed by atoms with van der Waals surface area (Å²) in [7, 11) is 3.46. The Labute approximate surface area is 149 Å². The van der Waals surface area contributed by atoms with Crippen molar-refractivity contribution in [3.8, 4) is 5.75 Å². The van der Waals surface area contributed by atoms with Crippen LogP contribution in [0.2, 0.25) is 0 Å². The predicted molar refractivity (Wildman–Crippen MR) is 97.8 cm³/mol. The number of carbonyl (C=O) groups is 2. The second kappa shape index (κ2) is 9.42. The van der Waals surface area contributed by atoms with Crippen molar-refractivity contribution in [2.75, 3.05) is 32.6 Å². The topological polar surface area (TPSA) is 71.9 Å². The molecular formula is C19H30N3O3+. The zero-order valence-corrected chi connectivity index (χ0v) is 15.4. The van der Waals surface area contributed by atoms with Crippen molar-refractivity contribution in [2.24, 2.45) is 5.92 Å². The summed E-state index contributed by atoms with van der Waals surface area (Å²) in [6.07, 6.45) is 4.67. The minimum atomic E-state index is -0.110. The van der Waals surface area contributed by atoms with Crippen molar-refractivity contribution in [2.45, 2.75) is 38.6 Å². The molecule has 1 unspecified atom stereocenters. The average Bonchev–Trinajstić information content (AvgIpc) is 2.57. The van der Waals surface area contributed by atoms with Crippen LogP contribution >= 0.6 is 0 Å². The molecule has 25 heavy (non-hydrogen) atoms. The molecule has 1 aromatic carbocycles. The number of likely N-dealkylation sites (N-methyl/N-ethyl adjacent to an activating group) is 1. The Kier molecular flexibility index (Phi) is 7.25. The molecule has 1 aliphatic carbocycles. The van der Waals surface area contributed by atoms with Crippen LogP contribution in [0.5, 0.6) is 5.75 Å².